The second-order valence-electron chi connectivity index (χ2n) is 7.81. The third kappa shape index (κ3) is 4.73. The minimum absolute atomic E-state index is 0.0849. The van der Waals surface area contributed by atoms with Crippen molar-refractivity contribution >= 4 is 35.1 Å². The first kappa shape index (κ1) is 21.8. The van der Waals surface area contributed by atoms with Gasteiger partial charge < -0.3 is 16.0 Å². The summed E-state index contributed by atoms with van der Waals surface area (Å²) in [4.78, 5) is 35.3. The molecule has 0 saturated carbocycles. The number of nitrogens with two attached hydrogens (primary N) is 1. The van der Waals surface area contributed by atoms with Gasteiger partial charge in [0.2, 0.25) is 11.9 Å². The van der Waals surface area contributed by atoms with Crippen molar-refractivity contribution in [3.05, 3.63) is 71.0 Å². The summed E-state index contributed by atoms with van der Waals surface area (Å²) >= 11 is 6.21. The van der Waals surface area contributed by atoms with E-state index >= 15 is 0 Å². The minimum atomic E-state index is -0.231. The minimum Gasteiger partial charge on any atom is -0.368 e. The molecule has 0 unspecified atom stereocenters. The van der Waals surface area contributed by atoms with Crippen molar-refractivity contribution in [2.24, 2.45) is 0 Å². The number of aromatic nitrogens is 2. The van der Waals surface area contributed by atoms with E-state index in [4.69, 9.17) is 17.3 Å². The topological polar surface area (TPSA) is 101 Å². The Morgan fingerprint density at radius 3 is 2.66 bits per heavy atom. The summed E-state index contributed by atoms with van der Waals surface area (Å²) < 4.78 is 0. The lowest BCUT2D eigenvalue weighted by Crippen LogP contribution is -2.39. The van der Waals surface area contributed by atoms with Gasteiger partial charge in [-0.15, -0.1) is 0 Å². The van der Waals surface area contributed by atoms with Crippen molar-refractivity contribution in [1.82, 2.24) is 14.9 Å². The van der Waals surface area contributed by atoms with Crippen LogP contribution < -0.4 is 11.1 Å². The molecule has 0 bridgehead atoms. The van der Waals surface area contributed by atoms with Gasteiger partial charge in [0, 0.05) is 41.5 Å². The number of nitrogens with zero attached hydrogens (tertiary/aromatic N) is 3. The predicted octanol–water partition coefficient (Wildman–Crippen LogP) is 4.71. The monoisotopic (exact) mass is 449 g/mol. The van der Waals surface area contributed by atoms with Gasteiger partial charge in [-0.1, -0.05) is 23.7 Å². The largest absolute Gasteiger partial charge is 0.368 e. The molecule has 1 atom stereocenters. The molecule has 0 aliphatic carbocycles. The van der Waals surface area contributed by atoms with Gasteiger partial charge in [-0.05, 0) is 61.2 Å². The molecular formula is C24H24ClN5O2. The van der Waals surface area contributed by atoms with Crippen LogP contribution in [0.15, 0.2) is 54.7 Å². The number of nitrogens with one attached hydrogen (secondary N) is 1. The summed E-state index contributed by atoms with van der Waals surface area (Å²) in [5.74, 6) is -0.0724. The molecule has 2 heterocycles. The maximum atomic E-state index is 13.4. The molecule has 7 nitrogen and oxygen atoms in total. The zero-order valence-corrected chi connectivity index (χ0v) is 18.5. The molecule has 3 N–H and O–H groups in total. The van der Waals surface area contributed by atoms with Gasteiger partial charge in [-0.25, -0.2) is 9.97 Å². The van der Waals surface area contributed by atoms with E-state index in [0.717, 1.165) is 36.1 Å². The van der Waals surface area contributed by atoms with Crippen LogP contribution in [0.2, 0.25) is 5.02 Å². The highest BCUT2D eigenvalue weighted by Crippen LogP contribution is 2.37. The number of carbonyl (C=O) groups excluding carboxylic acids is 2. The average Bonchev–Trinajstić information content (AvgIpc) is 2.79. The number of hydrogen-bond donors (Lipinski definition) is 2. The molecule has 32 heavy (non-hydrogen) atoms. The fourth-order valence-corrected chi connectivity index (χ4v) is 4.26. The highest BCUT2D eigenvalue weighted by Gasteiger charge is 2.32. The van der Waals surface area contributed by atoms with Crippen LogP contribution in [0.25, 0.3) is 11.1 Å². The molecule has 1 aliphatic rings. The SMILES string of the molecule is CC(=O)Nc1ccc(C(=O)N2CCCC[C@H]2c2nc(N)ncc2-c2cccc(Cl)c2)cc1. The van der Waals surface area contributed by atoms with Gasteiger partial charge in [0.1, 0.15) is 0 Å². The number of benzene rings is 2. The normalized spacial score (nSPS) is 15.9. The molecule has 3 aromatic rings. The van der Waals surface area contributed by atoms with Crippen LogP contribution in [0.3, 0.4) is 0 Å². The van der Waals surface area contributed by atoms with E-state index in [2.05, 4.69) is 15.3 Å². The standard InChI is InChI=1S/C24H24ClN5O2/c1-15(31)28-19-10-8-16(9-11-19)23(32)30-12-3-2-7-21(30)22-20(14-27-24(26)29-22)17-5-4-6-18(25)13-17/h4-6,8-11,13-14,21H,2-3,7,12H2,1H3,(H,28,31)(H2,26,27,29)/t21-/m0/s1. The zero-order valence-electron chi connectivity index (χ0n) is 17.7. The van der Waals surface area contributed by atoms with Crippen molar-refractivity contribution in [3.8, 4) is 11.1 Å². The Hall–Kier alpha value is -3.45. The van der Waals surface area contributed by atoms with E-state index in [-0.39, 0.29) is 23.8 Å². The summed E-state index contributed by atoms with van der Waals surface area (Å²) in [5, 5.41) is 3.33. The lowest BCUT2D eigenvalue weighted by atomic mass is 9.93. The van der Waals surface area contributed by atoms with Gasteiger partial charge in [-0.3, -0.25) is 9.59 Å². The number of halogens is 1. The summed E-state index contributed by atoms with van der Waals surface area (Å²) in [7, 11) is 0. The maximum absolute atomic E-state index is 13.4. The Kier molecular flexibility index (Phi) is 6.37. The second kappa shape index (κ2) is 9.36. The third-order valence-electron chi connectivity index (χ3n) is 5.50. The molecule has 1 fully saturated rings. The van der Waals surface area contributed by atoms with Crippen molar-refractivity contribution < 1.29 is 9.59 Å². The Morgan fingerprint density at radius 1 is 1.16 bits per heavy atom. The van der Waals surface area contributed by atoms with Crippen LogP contribution in [-0.2, 0) is 4.79 Å². The maximum Gasteiger partial charge on any atom is 0.254 e. The third-order valence-corrected chi connectivity index (χ3v) is 5.74. The zero-order chi connectivity index (χ0) is 22.7. The van der Waals surface area contributed by atoms with Crippen molar-refractivity contribution in [1.29, 1.82) is 0 Å². The van der Waals surface area contributed by atoms with E-state index in [0.29, 0.717) is 22.8 Å². The fourth-order valence-electron chi connectivity index (χ4n) is 4.07. The molecule has 164 valence electrons. The highest BCUT2D eigenvalue weighted by molar-refractivity contribution is 6.30. The number of carbonyl (C=O) groups is 2. The molecule has 2 aromatic carbocycles. The first-order valence-corrected chi connectivity index (χ1v) is 10.9. The van der Waals surface area contributed by atoms with Gasteiger partial charge in [-0.2, -0.15) is 0 Å². The highest BCUT2D eigenvalue weighted by atomic mass is 35.5. The van der Waals surface area contributed by atoms with Gasteiger partial charge >= 0.3 is 0 Å². The fraction of sp³-hybridized carbons (Fsp3) is 0.250. The smallest absolute Gasteiger partial charge is 0.254 e. The van der Waals surface area contributed by atoms with Crippen LogP contribution in [0.5, 0.6) is 0 Å². The number of likely N-dealkylation sites (tertiary alicyclic amines) is 1. The molecule has 8 heteroatoms. The quantitative estimate of drug-likeness (QED) is 0.600. The molecule has 1 saturated heterocycles. The Balaban J connectivity index is 1.69. The summed E-state index contributed by atoms with van der Waals surface area (Å²) in [6.07, 6.45) is 4.37. The summed E-state index contributed by atoms with van der Waals surface area (Å²) in [6.45, 7) is 2.07. The first-order valence-electron chi connectivity index (χ1n) is 10.5. The van der Waals surface area contributed by atoms with Crippen LogP contribution in [-0.4, -0.2) is 33.2 Å². The van der Waals surface area contributed by atoms with Crippen LogP contribution >= 0.6 is 11.6 Å². The van der Waals surface area contributed by atoms with E-state index in [1.165, 1.54) is 6.92 Å². The molecule has 2 amide bonds. The van der Waals surface area contributed by atoms with Crippen molar-refractivity contribution in [2.45, 2.75) is 32.2 Å². The number of hydrogen-bond acceptors (Lipinski definition) is 5. The second-order valence-corrected chi connectivity index (χ2v) is 8.24. The number of nitrogen functional groups attached to an aromatic ring is 1. The number of piperidine rings is 1. The predicted molar refractivity (Wildman–Crippen MR) is 125 cm³/mol. The molecule has 1 aromatic heterocycles. The molecule has 0 spiro atoms. The van der Waals surface area contributed by atoms with Crippen LogP contribution in [0.4, 0.5) is 11.6 Å². The Labute approximate surface area is 191 Å². The number of amides is 2. The number of anilines is 2. The lowest BCUT2D eigenvalue weighted by Gasteiger charge is -2.36. The molecular weight excluding hydrogens is 426 g/mol. The van der Waals surface area contributed by atoms with E-state index in [1.54, 1.807) is 30.5 Å². The van der Waals surface area contributed by atoms with Gasteiger partial charge in [0.15, 0.2) is 0 Å². The van der Waals surface area contributed by atoms with E-state index in [1.807, 2.05) is 29.2 Å². The van der Waals surface area contributed by atoms with Crippen molar-refractivity contribution in [3.63, 3.8) is 0 Å². The molecule has 0 radical (unpaired) electrons. The van der Waals surface area contributed by atoms with E-state index in [9.17, 15) is 9.59 Å². The molecule has 1 aliphatic heterocycles. The number of rotatable bonds is 4. The van der Waals surface area contributed by atoms with Gasteiger partial charge in [0.25, 0.3) is 5.91 Å². The van der Waals surface area contributed by atoms with Crippen LogP contribution in [0, 0.1) is 0 Å². The molecule has 4 rings (SSSR count). The lowest BCUT2D eigenvalue weighted by molar-refractivity contribution is -0.114. The van der Waals surface area contributed by atoms with E-state index < -0.39 is 0 Å². The Bertz CT molecular complexity index is 1150. The average molecular weight is 450 g/mol. The van der Waals surface area contributed by atoms with Crippen molar-refractivity contribution in [2.75, 3.05) is 17.6 Å². The Morgan fingerprint density at radius 2 is 1.94 bits per heavy atom. The first-order chi connectivity index (χ1) is 15.4. The summed E-state index contributed by atoms with van der Waals surface area (Å²) in [5.41, 5.74) is 9.56. The van der Waals surface area contributed by atoms with Crippen LogP contribution in [0.1, 0.15) is 48.3 Å². The van der Waals surface area contributed by atoms with Gasteiger partial charge in [0.05, 0.1) is 11.7 Å². The summed E-state index contributed by atoms with van der Waals surface area (Å²) in [6, 6.07) is 14.2.